The summed E-state index contributed by atoms with van der Waals surface area (Å²) in [5.74, 6) is 0.498. The van der Waals surface area contributed by atoms with Crippen LogP contribution in [-0.2, 0) is 9.53 Å². The average molecular weight is 400 g/mol. The fraction of sp³-hybridized carbons (Fsp3) is 0.579. The van der Waals surface area contributed by atoms with Gasteiger partial charge in [-0.25, -0.2) is 0 Å². The van der Waals surface area contributed by atoms with Crippen LogP contribution in [0.15, 0.2) is 24.3 Å². The Morgan fingerprint density at radius 3 is 2.67 bits per heavy atom. The minimum atomic E-state index is -0.164. The van der Waals surface area contributed by atoms with E-state index in [9.17, 15) is 9.59 Å². The second-order valence-electron chi connectivity index (χ2n) is 6.39. The molecule has 3 N–H and O–H groups in total. The lowest BCUT2D eigenvalue weighted by molar-refractivity contribution is -0.126. The van der Waals surface area contributed by atoms with Gasteiger partial charge < -0.3 is 25.4 Å². The summed E-state index contributed by atoms with van der Waals surface area (Å²) < 4.78 is 10.6. The minimum absolute atomic E-state index is 0. The van der Waals surface area contributed by atoms with Gasteiger partial charge in [-0.15, -0.1) is 12.4 Å². The number of likely N-dealkylation sites (tertiary alicyclic amines) is 1. The van der Waals surface area contributed by atoms with E-state index in [1.807, 2.05) is 0 Å². The Balaban J connectivity index is 0.00000364. The van der Waals surface area contributed by atoms with E-state index in [-0.39, 0.29) is 30.1 Å². The van der Waals surface area contributed by atoms with Crippen LogP contribution in [-0.4, -0.2) is 63.2 Å². The first-order valence-corrected chi connectivity index (χ1v) is 9.14. The number of hydrogen-bond donors (Lipinski definition) is 2. The van der Waals surface area contributed by atoms with Crippen molar-refractivity contribution in [1.82, 2.24) is 10.2 Å². The fourth-order valence-electron chi connectivity index (χ4n) is 2.98. The van der Waals surface area contributed by atoms with E-state index >= 15 is 0 Å². The van der Waals surface area contributed by atoms with Crippen molar-refractivity contribution >= 4 is 24.2 Å². The summed E-state index contributed by atoms with van der Waals surface area (Å²) >= 11 is 0. The molecule has 0 saturated carbocycles. The minimum Gasteiger partial charge on any atom is -0.494 e. The first-order valence-electron chi connectivity index (χ1n) is 9.14. The molecule has 1 aliphatic heterocycles. The molecule has 27 heavy (non-hydrogen) atoms. The topological polar surface area (TPSA) is 93.9 Å². The molecule has 1 aliphatic rings. The Labute approximate surface area is 167 Å². The third-order valence-corrected chi connectivity index (χ3v) is 4.39. The number of rotatable bonds is 9. The van der Waals surface area contributed by atoms with Crippen molar-refractivity contribution in [3.8, 4) is 5.75 Å². The van der Waals surface area contributed by atoms with Gasteiger partial charge in [0, 0.05) is 51.9 Å². The molecule has 1 heterocycles. The summed E-state index contributed by atoms with van der Waals surface area (Å²) in [6.07, 6.45) is 2.44. The number of halogens is 1. The van der Waals surface area contributed by atoms with E-state index in [0.29, 0.717) is 45.0 Å². The highest BCUT2D eigenvalue weighted by molar-refractivity contribution is 5.94. The lowest BCUT2D eigenvalue weighted by Crippen LogP contribution is -2.46. The van der Waals surface area contributed by atoms with Crippen LogP contribution in [0.25, 0.3) is 0 Å². The summed E-state index contributed by atoms with van der Waals surface area (Å²) in [4.78, 5) is 26.6. The summed E-state index contributed by atoms with van der Waals surface area (Å²) in [7, 11) is 1.66. The summed E-state index contributed by atoms with van der Waals surface area (Å²) in [6.45, 7) is 3.24. The van der Waals surface area contributed by atoms with Gasteiger partial charge in [0.25, 0.3) is 5.91 Å². The number of hydrogen-bond acceptors (Lipinski definition) is 5. The summed E-state index contributed by atoms with van der Waals surface area (Å²) in [5.41, 5.74) is 6.03. The molecule has 1 unspecified atom stereocenters. The van der Waals surface area contributed by atoms with Crippen molar-refractivity contribution in [2.75, 3.05) is 46.5 Å². The van der Waals surface area contributed by atoms with Crippen LogP contribution < -0.4 is 15.8 Å². The maximum Gasteiger partial charge on any atom is 0.253 e. The smallest absolute Gasteiger partial charge is 0.253 e. The lowest BCUT2D eigenvalue weighted by Gasteiger charge is -2.32. The molecule has 1 aromatic carbocycles. The zero-order chi connectivity index (χ0) is 18.8. The normalized spacial score (nSPS) is 16.4. The molecule has 2 amide bonds. The predicted molar refractivity (Wildman–Crippen MR) is 106 cm³/mol. The molecule has 0 radical (unpaired) electrons. The van der Waals surface area contributed by atoms with Gasteiger partial charge in [0.2, 0.25) is 5.91 Å². The second kappa shape index (κ2) is 12.5. The number of piperidine rings is 1. The second-order valence-corrected chi connectivity index (χ2v) is 6.39. The maximum absolute atomic E-state index is 12.7. The van der Waals surface area contributed by atoms with Crippen molar-refractivity contribution in [1.29, 1.82) is 0 Å². The maximum atomic E-state index is 12.7. The molecule has 1 aromatic rings. The van der Waals surface area contributed by atoms with Crippen molar-refractivity contribution < 1.29 is 19.1 Å². The van der Waals surface area contributed by atoms with Crippen LogP contribution in [0.1, 0.15) is 29.6 Å². The highest BCUT2D eigenvalue weighted by atomic mass is 35.5. The molecule has 2 rings (SSSR count). The average Bonchev–Trinajstić information content (AvgIpc) is 2.69. The molecule has 0 bridgehead atoms. The molecule has 7 nitrogen and oxygen atoms in total. The van der Waals surface area contributed by atoms with Crippen LogP contribution in [0.2, 0.25) is 0 Å². The van der Waals surface area contributed by atoms with Crippen LogP contribution in [0.4, 0.5) is 0 Å². The molecule has 0 aromatic heterocycles. The van der Waals surface area contributed by atoms with Crippen LogP contribution in [0.3, 0.4) is 0 Å². The van der Waals surface area contributed by atoms with Crippen LogP contribution in [0.5, 0.6) is 5.75 Å². The Hall–Kier alpha value is -1.83. The number of ether oxygens (including phenoxy) is 2. The molecule has 1 saturated heterocycles. The molecule has 1 atom stereocenters. The molecular weight excluding hydrogens is 370 g/mol. The third kappa shape index (κ3) is 7.36. The molecule has 0 spiro atoms. The molecule has 152 valence electrons. The Kier molecular flexibility index (Phi) is 10.8. The number of amides is 2. The van der Waals surface area contributed by atoms with Gasteiger partial charge in [0.05, 0.1) is 12.5 Å². The van der Waals surface area contributed by atoms with Gasteiger partial charge in [-0.3, -0.25) is 9.59 Å². The monoisotopic (exact) mass is 399 g/mol. The van der Waals surface area contributed by atoms with E-state index < -0.39 is 0 Å². The van der Waals surface area contributed by atoms with Gasteiger partial charge in [0.15, 0.2) is 0 Å². The van der Waals surface area contributed by atoms with Crippen molar-refractivity contribution in [3.05, 3.63) is 29.8 Å². The van der Waals surface area contributed by atoms with E-state index in [1.54, 1.807) is 36.3 Å². The summed E-state index contributed by atoms with van der Waals surface area (Å²) in [5, 5.41) is 2.81. The number of methoxy groups -OCH3 is 1. The first-order chi connectivity index (χ1) is 12.7. The molecule has 1 fully saturated rings. The lowest BCUT2D eigenvalue weighted by atomic mass is 9.96. The van der Waals surface area contributed by atoms with E-state index in [2.05, 4.69) is 5.32 Å². The summed E-state index contributed by atoms with van der Waals surface area (Å²) in [6, 6.07) is 7.14. The number of carbonyl (C=O) groups is 2. The number of nitrogens with two attached hydrogens (primary N) is 1. The van der Waals surface area contributed by atoms with Crippen LogP contribution in [0, 0.1) is 5.92 Å². The quantitative estimate of drug-likeness (QED) is 0.613. The Bertz CT molecular complexity index is 583. The number of benzene rings is 1. The van der Waals surface area contributed by atoms with Crippen molar-refractivity contribution in [2.24, 2.45) is 11.7 Å². The zero-order valence-corrected chi connectivity index (χ0v) is 16.6. The number of carbonyl (C=O) groups excluding carboxylic acids is 2. The number of nitrogens with zero attached hydrogens (tertiary/aromatic N) is 1. The van der Waals surface area contributed by atoms with Crippen molar-refractivity contribution in [3.63, 3.8) is 0 Å². The SMILES string of the molecule is COCCCOc1ccc(C(=O)N2CCCC(C(=O)NCCN)C2)cc1.Cl. The predicted octanol–water partition coefficient (Wildman–Crippen LogP) is 1.45. The van der Waals surface area contributed by atoms with E-state index in [4.69, 9.17) is 15.2 Å². The Morgan fingerprint density at radius 2 is 2.00 bits per heavy atom. The Morgan fingerprint density at radius 1 is 1.26 bits per heavy atom. The highest BCUT2D eigenvalue weighted by Gasteiger charge is 2.28. The van der Waals surface area contributed by atoms with Gasteiger partial charge in [-0.2, -0.15) is 0 Å². The first kappa shape index (κ1) is 23.2. The van der Waals surface area contributed by atoms with Gasteiger partial charge >= 0.3 is 0 Å². The van der Waals surface area contributed by atoms with Crippen molar-refractivity contribution in [2.45, 2.75) is 19.3 Å². The van der Waals surface area contributed by atoms with Gasteiger partial charge in [-0.05, 0) is 37.1 Å². The zero-order valence-electron chi connectivity index (χ0n) is 15.8. The molecule has 0 aliphatic carbocycles. The largest absolute Gasteiger partial charge is 0.494 e. The van der Waals surface area contributed by atoms with Gasteiger partial charge in [0.1, 0.15) is 5.75 Å². The van der Waals surface area contributed by atoms with E-state index in [0.717, 1.165) is 25.0 Å². The van der Waals surface area contributed by atoms with E-state index in [1.165, 1.54) is 0 Å². The number of nitrogens with one attached hydrogen (secondary N) is 1. The van der Waals surface area contributed by atoms with Gasteiger partial charge in [-0.1, -0.05) is 0 Å². The highest BCUT2D eigenvalue weighted by Crippen LogP contribution is 2.20. The molecule has 8 heteroatoms. The standard InChI is InChI=1S/C19H29N3O4.ClH/c1-25-12-3-13-26-17-7-5-15(6-8-17)19(24)22-11-2-4-16(14-22)18(23)21-10-9-20;/h5-8,16H,2-4,9-14,20H2,1H3,(H,21,23);1H. The molecular formula is C19H30ClN3O4. The third-order valence-electron chi connectivity index (χ3n) is 4.39. The fourth-order valence-corrected chi connectivity index (χ4v) is 2.98. The van der Waals surface area contributed by atoms with Crippen LogP contribution >= 0.6 is 12.4 Å².